The van der Waals surface area contributed by atoms with Gasteiger partial charge in [0, 0.05) is 24.7 Å². The van der Waals surface area contributed by atoms with Gasteiger partial charge in [0.1, 0.15) is 0 Å². The molecular weight excluding hydrogens is 226 g/mol. The van der Waals surface area contributed by atoms with E-state index in [1.54, 1.807) is 11.3 Å². The van der Waals surface area contributed by atoms with Crippen molar-refractivity contribution in [2.45, 2.75) is 19.6 Å². The number of hydrogen-bond acceptors (Lipinski definition) is 5. The van der Waals surface area contributed by atoms with E-state index in [0.717, 1.165) is 16.3 Å². The maximum Gasteiger partial charge on any atom is 0.194 e. The molecule has 2 rings (SSSR count). The zero-order valence-corrected chi connectivity index (χ0v) is 9.87. The zero-order valence-electron chi connectivity index (χ0n) is 9.05. The largest absolute Gasteiger partial charge is 0.394 e. The van der Waals surface area contributed by atoms with Crippen molar-refractivity contribution in [2.24, 2.45) is 0 Å². The summed E-state index contributed by atoms with van der Waals surface area (Å²) in [5.74, 6) is 0. The van der Waals surface area contributed by atoms with E-state index in [1.807, 2.05) is 22.9 Å². The Labute approximate surface area is 97.4 Å². The number of hydrogen-bond donors (Lipinski definition) is 3. The van der Waals surface area contributed by atoms with Crippen LogP contribution in [0.2, 0.25) is 0 Å². The lowest BCUT2D eigenvalue weighted by Gasteiger charge is -2.08. The summed E-state index contributed by atoms with van der Waals surface area (Å²) in [5, 5.41) is 23.0. The fourth-order valence-electron chi connectivity index (χ4n) is 1.58. The molecule has 1 unspecified atom stereocenters. The number of aliphatic hydroxyl groups is 2. The molecule has 16 heavy (non-hydrogen) atoms. The summed E-state index contributed by atoms with van der Waals surface area (Å²) in [6, 6.07) is 0. The van der Waals surface area contributed by atoms with Crippen LogP contribution in [-0.4, -0.2) is 38.9 Å². The lowest BCUT2D eigenvalue weighted by Crippen LogP contribution is -2.29. The second-order valence-corrected chi connectivity index (χ2v) is 4.54. The van der Waals surface area contributed by atoms with Crippen LogP contribution in [-0.2, 0) is 6.54 Å². The van der Waals surface area contributed by atoms with Crippen molar-refractivity contribution in [3.8, 4) is 0 Å². The van der Waals surface area contributed by atoms with E-state index in [0.29, 0.717) is 13.1 Å². The van der Waals surface area contributed by atoms with Gasteiger partial charge in [-0.2, -0.15) is 0 Å². The molecule has 0 bridgehead atoms. The van der Waals surface area contributed by atoms with Crippen molar-refractivity contribution in [1.82, 2.24) is 14.7 Å². The molecule has 2 aromatic rings. The predicted octanol–water partition coefficient (Wildman–Crippen LogP) is 0.147. The average molecular weight is 241 g/mol. The third-order valence-corrected chi connectivity index (χ3v) is 3.20. The first-order chi connectivity index (χ1) is 7.72. The van der Waals surface area contributed by atoms with Crippen molar-refractivity contribution in [3.05, 3.63) is 23.0 Å². The zero-order chi connectivity index (χ0) is 11.5. The van der Waals surface area contributed by atoms with Gasteiger partial charge in [0.2, 0.25) is 0 Å². The number of aryl methyl sites for hydroxylation is 1. The van der Waals surface area contributed by atoms with Gasteiger partial charge < -0.3 is 15.5 Å². The maximum atomic E-state index is 9.20. The molecule has 2 heterocycles. The molecule has 0 saturated carbocycles. The van der Waals surface area contributed by atoms with E-state index in [1.165, 1.54) is 0 Å². The summed E-state index contributed by atoms with van der Waals surface area (Å²) >= 11 is 1.60. The molecular formula is C10H15N3O2S. The normalized spacial score (nSPS) is 13.4. The molecule has 0 saturated heterocycles. The second-order valence-electron chi connectivity index (χ2n) is 3.67. The van der Waals surface area contributed by atoms with E-state index >= 15 is 0 Å². The number of imidazole rings is 1. The highest BCUT2D eigenvalue weighted by Crippen LogP contribution is 2.16. The van der Waals surface area contributed by atoms with E-state index in [9.17, 15) is 5.11 Å². The first-order valence-electron chi connectivity index (χ1n) is 5.13. The molecule has 0 spiro atoms. The number of nitrogens with zero attached hydrogens (tertiary/aromatic N) is 2. The molecule has 5 nitrogen and oxygen atoms in total. The smallest absolute Gasteiger partial charge is 0.194 e. The monoisotopic (exact) mass is 241 g/mol. The molecule has 0 radical (unpaired) electrons. The molecule has 0 aliphatic rings. The number of aliphatic hydroxyl groups excluding tert-OH is 2. The number of aromatic nitrogens is 2. The van der Waals surface area contributed by atoms with Crippen LogP contribution in [0.5, 0.6) is 0 Å². The number of nitrogens with one attached hydrogen (secondary N) is 1. The molecule has 0 aliphatic heterocycles. The highest BCUT2D eigenvalue weighted by atomic mass is 32.1. The van der Waals surface area contributed by atoms with Crippen LogP contribution in [0.1, 0.15) is 11.4 Å². The maximum absolute atomic E-state index is 9.20. The number of rotatable bonds is 5. The first kappa shape index (κ1) is 11.5. The topological polar surface area (TPSA) is 69.8 Å². The Bertz CT molecular complexity index is 466. The van der Waals surface area contributed by atoms with E-state index in [2.05, 4.69) is 10.3 Å². The van der Waals surface area contributed by atoms with Crippen LogP contribution in [0, 0.1) is 6.92 Å². The van der Waals surface area contributed by atoms with E-state index in [-0.39, 0.29) is 6.61 Å². The Kier molecular flexibility index (Phi) is 3.55. The molecule has 0 aromatic carbocycles. The fraction of sp³-hybridized carbons (Fsp3) is 0.500. The van der Waals surface area contributed by atoms with Crippen LogP contribution in [0.25, 0.3) is 4.96 Å². The average Bonchev–Trinajstić information content (AvgIpc) is 2.81. The summed E-state index contributed by atoms with van der Waals surface area (Å²) in [4.78, 5) is 5.40. The lowest BCUT2D eigenvalue weighted by atomic mass is 10.3. The molecule has 2 aromatic heterocycles. The summed E-state index contributed by atoms with van der Waals surface area (Å²) < 4.78 is 2.04. The molecule has 3 N–H and O–H groups in total. The van der Waals surface area contributed by atoms with Crippen molar-refractivity contribution in [2.75, 3.05) is 13.2 Å². The quantitative estimate of drug-likeness (QED) is 0.697. The van der Waals surface area contributed by atoms with Gasteiger partial charge in [0.05, 0.1) is 24.1 Å². The van der Waals surface area contributed by atoms with Crippen molar-refractivity contribution >= 4 is 16.3 Å². The number of fused-ring (bicyclic) bond motifs is 1. The highest BCUT2D eigenvalue weighted by molar-refractivity contribution is 7.15. The third-order valence-electron chi connectivity index (χ3n) is 2.44. The molecule has 0 amide bonds. The van der Waals surface area contributed by atoms with Gasteiger partial charge >= 0.3 is 0 Å². The Morgan fingerprint density at radius 2 is 2.44 bits per heavy atom. The SMILES string of the molecule is Cc1nc2sccn2c1CNCC(O)CO. The predicted molar refractivity (Wildman–Crippen MR) is 62.6 cm³/mol. The van der Waals surface area contributed by atoms with Crippen molar-refractivity contribution in [3.63, 3.8) is 0 Å². The minimum atomic E-state index is -0.703. The second kappa shape index (κ2) is 4.92. The van der Waals surface area contributed by atoms with Crippen LogP contribution in [0.4, 0.5) is 0 Å². The van der Waals surface area contributed by atoms with Gasteiger partial charge in [-0.05, 0) is 6.92 Å². The van der Waals surface area contributed by atoms with Gasteiger partial charge in [-0.25, -0.2) is 4.98 Å². The summed E-state index contributed by atoms with van der Waals surface area (Å²) in [5.41, 5.74) is 2.10. The van der Waals surface area contributed by atoms with Gasteiger partial charge in [-0.3, -0.25) is 4.40 Å². The summed E-state index contributed by atoms with van der Waals surface area (Å²) in [6.45, 7) is 2.78. The number of thiazole rings is 1. The van der Waals surface area contributed by atoms with Gasteiger partial charge in [0.15, 0.2) is 4.96 Å². The summed E-state index contributed by atoms with van der Waals surface area (Å²) in [6.07, 6.45) is 1.28. The minimum absolute atomic E-state index is 0.216. The highest BCUT2D eigenvalue weighted by Gasteiger charge is 2.09. The molecule has 6 heteroatoms. The van der Waals surface area contributed by atoms with Crippen LogP contribution in [0.15, 0.2) is 11.6 Å². The van der Waals surface area contributed by atoms with Crippen molar-refractivity contribution < 1.29 is 10.2 Å². The standard InChI is InChI=1S/C10H15N3O2S/c1-7-9(5-11-4-8(15)6-14)13-2-3-16-10(13)12-7/h2-3,8,11,14-15H,4-6H2,1H3. The Morgan fingerprint density at radius 1 is 1.62 bits per heavy atom. The van der Waals surface area contributed by atoms with E-state index in [4.69, 9.17) is 5.11 Å². The van der Waals surface area contributed by atoms with Gasteiger partial charge in [0.25, 0.3) is 0 Å². The Hall–Kier alpha value is -0.950. The molecule has 0 fully saturated rings. The van der Waals surface area contributed by atoms with Crippen LogP contribution < -0.4 is 5.32 Å². The van der Waals surface area contributed by atoms with E-state index < -0.39 is 6.10 Å². The Morgan fingerprint density at radius 3 is 3.19 bits per heavy atom. The van der Waals surface area contributed by atoms with Gasteiger partial charge in [-0.1, -0.05) is 0 Å². The minimum Gasteiger partial charge on any atom is -0.394 e. The fourth-order valence-corrected chi connectivity index (χ4v) is 2.35. The van der Waals surface area contributed by atoms with Crippen molar-refractivity contribution in [1.29, 1.82) is 0 Å². The Balaban J connectivity index is 2.03. The third kappa shape index (κ3) is 2.25. The van der Waals surface area contributed by atoms with Crippen LogP contribution in [0.3, 0.4) is 0 Å². The summed E-state index contributed by atoms with van der Waals surface area (Å²) in [7, 11) is 0. The van der Waals surface area contributed by atoms with Gasteiger partial charge in [-0.15, -0.1) is 11.3 Å². The molecule has 88 valence electrons. The van der Waals surface area contributed by atoms with Crippen LogP contribution >= 0.6 is 11.3 Å². The molecule has 1 atom stereocenters. The first-order valence-corrected chi connectivity index (χ1v) is 6.01. The lowest BCUT2D eigenvalue weighted by molar-refractivity contribution is 0.0941. The molecule has 0 aliphatic carbocycles.